The predicted octanol–water partition coefficient (Wildman–Crippen LogP) is 3.87. The Morgan fingerprint density at radius 3 is 2.58 bits per heavy atom. The van der Waals surface area contributed by atoms with E-state index in [-0.39, 0.29) is 30.9 Å². The molecule has 3 saturated heterocycles. The van der Waals surface area contributed by atoms with Crippen molar-refractivity contribution in [2.45, 2.75) is 102 Å². The summed E-state index contributed by atoms with van der Waals surface area (Å²) in [5.41, 5.74) is -2.04. The van der Waals surface area contributed by atoms with Crippen molar-refractivity contribution in [2.75, 3.05) is 26.3 Å². The van der Waals surface area contributed by atoms with Gasteiger partial charge in [-0.2, -0.15) is 0 Å². The summed E-state index contributed by atoms with van der Waals surface area (Å²) < 4.78 is 12.5. The lowest BCUT2D eigenvalue weighted by Crippen LogP contribution is -2.59. The Bertz CT molecular complexity index is 888. The lowest BCUT2D eigenvalue weighted by Gasteiger charge is -2.39. The number of esters is 1. The third kappa shape index (κ3) is 5.18. The van der Waals surface area contributed by atoms with Crippen LogP contribution in [-0.4, -0.2) is 82.3 Å². The third-order valence-corrected chi connectivity index (χ3v) is 9.06. The van der Waals surface area contributed by atoms with Crippen LogP contribution in [0.3, 0.4) is 0 Å². The minimum Gasteiger partial charge on any atom is -0.465 e. The fourth-order valence-corrected chi connectivity index (χ4v) is 6.95. The molecule has 7 atom stereocenters. The first-order valence-electron chi connectivity index (χ1n) is 14.5. The molecule has 0 aromatic rings. The quantitative estimate of drug-likeness (QED) is 0.184. The number of hydrogen-bond acceptors (Lipinski definition) is 6. The van der Waals surface area contributed by atoms with Crippen LogP contribution in [0.15, 0.2) is 25.3 Å². The summed E-state index contributed by atoms with van der Waals surface area (Å²) in [6, 6.07) is -1.45. The van der Waals surface area contributed by atoms with Crippen LogP contribution in [0.4, 0.5) is 0 Å². The second-order valence-electron chi connectivity index (χ2n) is 11.4. The Balaban J connectivity index is 2.00. The van der Waals surface area contributed by atoms with Crippen LogP contribution < -0.4 is 0 Å². The number of likely N-dealkylation sites (tertiary alicyclic amines) is 1. The van der Waals surface area contributed by atoms with Gasteiger partial charge in [-0.3, -0.25) is 14.4 Å². The molecule has 0 aromatic heterocycles. The number of ether oxygens (including phenoxy) is 2. The molecule has 0 aromatic carbocycles. The average Bonchev–Trinajstić information content (AvgIpc) is 3.41. The van der Waals surface area contributed by atoms with Crippen molar-refractivity contribution in [1.29, 1.82) is 0 Å². The van der Waals surface area contributed by atoms with Crippen molar-refractivity contribution < 1.29 is 29.0 Å². The summed E-state index contributed by atoms with van der Waals surface area (Å²) in [6.07, 6.45) is 9.81. The van der Waals surface area contributed by atoms with Gasteiger partial charge in [0.05, 0.1) is 30.8 Å². The lowest BCUT2D eigenvalue weighted by atomic mass is 9.62. The van der Waals surface area contributed by atoms with E-state index in [4.69, 9.17) is 9.47 Å². The van der Waals surface area contributed by atoms with Crippen LogP contribution >= 0.6 is 0 Å². The van der Waals surface area contributed by atoms with E-state index in [2.05, 4.69) is 20.1 Å². The van der Waals surface area contributed by atoms with Crippen LogP contribution in [0.25, 0.3) is 0 Å². The maximum Gasteiger partial charge on any atom is 0.312 e. The predicted molar refractivity (Wildman–Crippen MR) is 146 cm³/mol. The molecule has 8 heteroatoms. The van der Waals surface area contributed by atoms with Crippen molar-refractivity contribution in [3.8, 4) is 0 Å². The van der Waals surface area contributed by atoms with Crippen molar-refractivity contribution in [1.82, 2.24) is 9.80 Å². The molecule has 2 amide bonds. The number of amides is 2. The number of nitrogens with zero attached hydrogens (tertiary/aromatic N) is 2. The van der Waals surface area contributed by atoms with Crippen LogP contribution in [0.5, 0.6) is 0 Å². The maximum atomic E-state index is 14.3. The van der Waals surface area contributed by atoms with Crippen molar-refractivity contribution >= 4 is 17.8 Å². The van der Waals surface area contributed by atoms with Gasteiger partial charge in [0.2, 0.25) is 11.8 Å². The highest BCUT2D eigenvalue weighted by Gasteiger charge is 2.80. The molecule has 1 spiro atoms. The van der Waals surface area contributed by atoms with Gasteiger partial charge in [0, 0.05) is 13.1 Å². The number of allylic oxidation sites excluding steroid dienone is 1. The highest BCUT2D eigenvalue weighted by atomic mass is 16.6. The standard InChI is InChI=1S/C30H48N2O6/c1-7-11-13-15-18-37-28(36)24-23-26(34)32(22(10-4)20-33)25(30(23)19-21(5)29(24,6)38-30)27(35)31(16-9-3)17-14-12-8-2/h7,9,21-25,33H,1,3,8,10-20H2,2,4-6H3/t21?,22-,23-,24+,25?,29-,30?/m0/s1. The molecule has 2 bridgehead atoms. The fraction of sp³-hybridized carbons (Fsp3) is 0.767. The first-order valence-corrected chi connectivity index (χ1v) is 14.5. The first-order chi connectivity index (χ1) is 18.2. The second-order valence-corrected chi connectivity index (χ2v) is 11.4. The zero-order valence-electron chi connectivity index (χ0n) is 23.8. The topological polar surface area (TPSA) is 96.4 Å². The molecule has 3 aliphatic heterocycles. The summed E-state index contributed by atoms with van der Waals surface area (Å²) >= 11 is 0. The summed E-state index contributed by atoms with van der Waals surface area (Å²) in [6.45, 7) is 16.4. The van der Waals surface area contributed by atoms with Gasteiger partial charge in [0.25, 0.3) is 0 Å². The number of aliphatic hydroxyl groups excluding tert-OH is 1. The highest BCUT2D eigenvalue weighted by molar-refractivity contribution is 5.98. The van der Waals surface area contributed by atoms with Gasteiger partial charge in [0.1, 0.15) is 17.6 Å². The van der Waals surface area contributed by atoms with E-state index >= 15 is 0 Å². The van der Waals surface area contributed by atoms with Crippen molar-refractivity contribution in [3.05, 3.63) is 25.3 Å². The Morgan fingerprint density at radius 2 is 1.97 bits per heavy atom. The van der Waals surface area contributed by atoms with Crippen LogP contribution in [0, 0.1) is 17.8 Å². The summed E-state index contributed by atoms with van der Waals surface area (Å²) in [4.78, 5) is 45.4. The molecule has 3 fully saturated rings. The van der Waals surface area contributed by atoms with E-state index in [1.54, 1.807) is 15.9 Å². The maximum absolute atomic E-state index is 14.3. The van der Waals surface area contributed by atoms with Crippen molar-refractivity contribution in [2.24, 2.45) is 17.8 Å². The SMILES string of the molecule is C=CCCCCOC(=O)[C@H]1[C@H]2C(=O)N([C@@H](CC)CO)C(C(=O)N(CC=C)CCCCC)C23CC(C)[C@]1(C)O3. The van der Waals surface area contributed by atoms with Crippen molar-refractivity contribution in [3.63, 3.8) is 0 Å². The summed E-state index contributed by atoms with van der Waals surface area (Å²) in [5, 5.41) is 10.2. The minimum atomic E-state index is -1.14. The van der Waals surface area contributed by atoms with E-state index in [0.717, 1.165) is 32.1 Å². The highest BCUT2D eigenvalue weighted by Crippen LogP contribution is 2.65. The van der Waals surface area contributed by atoms with Gasteiger partial charge in [-0.1, -0.05) is 45.8 Å². The Morgan fingerprint density at radius 1 is 1.24 bits per heavy atom. The largest absolute Gasteiger partial charge is 0.465 e. The van der Waals surface area contributed by atoms with Gasteiger partial charge in [-0.05, 0) is 51.4 Å². The molecule has 3 unspecified atom stereocenters. The number of aliphatic hydroxyl groups is 1. The molecule has 0 radical (unpaired) electrons. The van der Waals surface area contributed by atoms with Crippen LogP contribution in [0.1, 0.15) is 79.1 Å². The van der Waals surface area contributed by atoms with Gasteiger partial charge in [0.15, 0.2) is 0 Å². The average molecular weight is 533 g/mol. The number of carbonyl (C=O) groups excluding carboxylic acids is 3. The monoisotopic (exact) mass is 532 g/mol. The zero-order valence-corrected chi connectivity index (χ0v) is 23.8. The van der Waals surface area contributed by atoms with E-state index in [1.807, 2.05) is 26.8 Å². The third-order valence-electron chi connectivity index (χ3n) is 9.06. The molecular weight excluding hydrogens is 484 g/mol. The van der Waals surface area contributed by atoms with Crippen LogP contribution in [-0.2, 0) is 23.9 Å². The molecule has 214 valence electrons. The fourth-order valence-electron chi connectivity index (χ4n) is 6.95. The Kier molecular flexibility index (Phi) is 10.2. The number of carbonyl (C=O) groups is 3. The molecule has 0 aliphatic carbocycles. The molecule has 38 heavy (non-hydrogen) atoms. The number of unbranched alkanes of at least 4 members (excludes halogenated alkanes) is 4. The van der Waals surface area contributed by atoms with E-state index in [1.165, 1.54) is 0 Å². The second kappa shape index (κ2) is 12.8. The number of hydrogen-bond donors (Lipinski definition) is 1. The van der Waals surface area contributed by atoms with Gasteiger partial charge < -0.3 is 24.4 Å². The number of rotatable bonds is 16. The van der Waals surface area contributed by atoms with Gasteiger partial charge >= 0.3 is 5.97 Å². The number of fused-ring (bicyclic) bond motifs is 1. The Hall–Kier alpha value is -2.19. The smallest absolute Gasteiger partial charge is 0.312 e. The molecule has 3 aliphatic rings. The molecular formula is C30H48N2O6. The van der Waals surface area contributed by atoms with Gasteiger partial charge in [-0.25, -0.2) is 0 Å². The molecule has 3 heterocycles. The Labute approximate surface area is 228 Å². The summed E-state index contributed by atoms with van der Waals surface area (Å²) in [5.74, 6) is -2.60. The normalized spacial score (nSPS) is 32.2. The molecule has 8 nitrogen and oxygen atoms in total. The molecule has 0 saturated carbocycles. The lowest BCUT2D eigenvalue weighted by molar-refractivity contribution is -0.163. The minimum absolute atomic E-state index is 0.0535. The van der Waals surface area contributed by atoms with Crippen LogP contribution in [0.2, 0.25) is 0 Å². The molecule has 3 rings (SSSR count). The van der Waals surface area contributed by atoms with E-state index < -0.39 is 41.1 Å². The van der Waals surface area contributed by atoms with Gasteiger partial charge in [-0.15, -0.1) is 13.2 Å². The van der Waals surface area contributed by atoms with E-state index in [9.17, 15) is 19.5 Å². The van der Waals surface area contributed by atoms with E-state index in [0.29, 0.717) is 32.4 Å². The zero-order chi connectivity index (χ0) is 28.1. The first kappa shape index (κ1) is 30.4. The molecule has 1 N–H and O–H groups in total. The summed E-state index contributed by atoms with van der Waals surface area (Å²) in [7, 11) is 0.